The van der Waals surface area contributed by atoms with Crippen LogP contribution >= 0.6 is 0 Å². The molecule has 1 rings (SSSR count). The molecule has 0 aliphatic rings. The van der Waals surface area contributed by atoms with Crippen LogP contribution in [0.3, 0.4) is 0 Å². The molecule has 4 nitrogen and oxygen atoms in total. The molecule has 0 saturated heterocycles. The first-order valence-electron chi connectivity index (χ1n) is 6.44. The summed E-state index contributed by atoms with van der Waals surface area (Å²) in [7, 11) is 0. The van der Waals surface area contributed by atoms with E-state index in [1.807, 2.05) is 0 Å². The minimum absolute atomic E-state index is 0.0354. The van der Waals surface area contributed by atoms with Crippen molar-refractivity contribution in [2.24, 2.45) is 0 Å². The molecule has 1 heterocycles. The van der Waals surface area contributed by atoms with Gasteiger partial charge in [-0.05, 0) is 18.6 Å². The number of amides is 1. The smallest absolute Gasteiger partial charge is 0.220 e. The highest BCUT2D eigenvalue weighted by Crippen LogP contribution is 2.03. The summed E-state index contributed by atoms with van der Waals surface area (Å²) < 4.78 is 0. The summed E-state index contributed by atoms with van der Waals surface area (Å²) in [5.74, 6) is -0.0878. The van der Waals surface area contributed by atoms with E-state index in [9.17, 15) is 9.59 Å². The highest BCUT2D eigenvalue weighted by atomic mass is 16.2. The first kappa shape index (κ1) is 14.4. The van der Waals surface area contributed by atoms with E-state index in [2.05, 4.69) is 17.2 Å². The van der Waals surface area contributed by atoms with Crippen LogP contribution in [0.25, 0.3) is 0 Å². The molecule has 98 valence electrons. The fourth-order valence-corrected chi connectivity index (χ4v) is 1.59. The molecule has 1 aromatic rings. The molecule has 18 heavy (non-hydrogen) atoms. The summed E-state index contributed by atoms with van der Waals surface area (Å²) in [5.41, 5.74) is 0.566. The zero-order valence-corrected chi connectivity index (χ0v) is 10.8. The van der Waals surface area contributed by atoms with Crippen molar-refractivity contribution >= 4 is 11.7 Å². The van der Waals surface area contributed by atoms with E-state index in [1.54, 1.807) is 18.3 Å². The predicted molar refractivity (Wildman–Crippen MR) is 70.3 cm³/mol. The summed E-state index contributed by atoms with van der Waals surface area (Å²) >= 11 is 0. The zero-order valence-electron chi connectivity index (χ0n) is 10.8. The number of nitrogens with one attached hydrogen (secondary N) is 1. The lowest BCUT2D eigenvalue weighted by Crippen LogP contribution is -2.24. The lowest BCUT2D eigenvalue weighted by molar-refractivity contribution is -0.121. The fourth-order valence-electron chi connectivity index (χ4n) is 1.59. The van der Waals surface area contributed by atoms with Crippen molar-refractivity contribution in [3.05, 3.63) is 30.1 Å². The molecule has 1 N–H and O–H groups in total. The van der Waals surface area contributed by atoms with Gasteiger partial charge in [0.05, 0.1) is 0 Å². The van der Waals surface area contributed by atoms with Crippen molar-refractivity contribution < 1.29 is 9.59 Å². The molecule has 0 atom stereocenters. The van der Waals surface area contributed by atoms with E-state index < -0.39 is 0 Å². The molecule has 4 heteroatoms. The number of ketones is 1. The molecule has 0 fully saturated rings. The van der Waals surface area contributed by atoms with Gasteiger partial charge in [0.15, 0.2) is 5.78 Å². The molecule has 1 amide bonds. The number of rotatable bonds is 8. The number of Topliss-reactive ketones (excluding diaryl/α,β-unsaturated/α-hetero) is 1. The fraction of sp³-hybridized carbons (Fsp3) is 0.500. The van der Waals surface area contributed by atoms with E-state index in [0.29, 0.717) is 12.1 Å². The van der Waals surface area contributed by atoms with Crippen LogP contribution in [0.4, 0.5) is 0 Å². The molecule has 0 aromatic carbocycles. The number of aromatic nitrogens is 1. The minimum Gasteiger partial charge on any atom is -0.356 e. The van der Waals surface area contributed by atoms with Crippen molar-refractivity contribution in [1.29, 1.82) is 0 Å². The Labute approximate surface area is 108 Å². The van der Waals surface area contributed by atoms with Crippen LogP contribution in [0.5, 0.6) is 0 Å². The van der Waals surface area contributed by atoms with E-state index >= 15 is 0 Å². The Balaban J connectivity index is 2.20. The maximum Gasteiger partial charge on any atom is 0.220 e. The first-order valence-corrected chi connectivity index (χ1v) is 6.44. The van der Waals surface area contributed by atoms with Crippen molar-refractivity contribution in [3.8, 4) is 0 Å². The van der Waals surface area contributed by atoms with E-state index in [4.69, 9.17) is 0 Å². The molecular formula is C14H20N2O2. The predicted octanol–water partition coefficient (Wildman–Crippen LogP) is 2.35. The van der Waals surface area contributed by atoms with E-state index in [-0.39, 0.29) is 24.5 Å². The van der Waals surface area contributed by atoms with E-state index in [0.717, 1.165) is 19.3 Å². The monoisotopic (exact) mass is 248 g/mol. The number of pyridine rings is 1. The van der Waals surface area contributed by atoms with Gasteiger partial charge in [0.2, 0.25) is 5.91 Å². The van der Waals surface area contributed by atoms with Gasteiger partial charge >= 0.3 is 0 Å². The summed E-state index contributed by atoms with van der Waals surface area (Å²) in [4.78, 5) is 27.0. The van der Waals surface area contributed by atoms with Gasteiger partial charge < -0.3 is 5.32 Å². The Morgan fingerprint density at radius 1 is 1.28 bits per heavy atom. The SMILES string of the molecule is CCCCCNC(=O)CCC(=O)c1cccnc1. The molecule has 0 saturated carbocycles. The van der Waals surface area contributed by atoms with Gasteiger partial charge in [0.25, 0.3) is 0 Å². The van der Waals surface area contributed by atoms with Gasteiger partial charge in [-0.15, -0.1) is 0 Å². The average molecular weight is 248 g/mol. The number of carbonyl (C=O) groups excluding carboxylic acids is 2. The second-order valence-corrected chi connectivity index (χ2v) is 4.22. The zero-order chi connectivity index (χ0) is 13.2. The Morgan fingerprint density at radius 3 is 2.78 bits per heavy atom. The van der Waals surface area contributed by atoms with Crippen LogP contribution in [0.15, 0.2) is 24.5 Å². The van der Waals surface area contributed by atoms with Gasteiger partial charge in [-0.25, -0.2) is 0 Å². The Hall–Kier alpha value is -1.71. The third-order valence-electron chi connectivity index (χ3n) is 2.67. The highest BCUT2D eigenvalue weighted by Gasteiger charge is 2.08. The molecule has 0 bridgehead atoms. The standard InChI is InChI=1S/C14H20N2O2/c1-2-3-4-10-16-14(18)8-7-13(17)12-6-5-9-15-11-12/h5-6,9,11H,2-4,7-8,10H2,1H3,(H,16,18). The Morgan fingerprint density at radius 2 is 2.11 bits per heavy atom. The van der Waals surface area contributed by atoms with Crippen molar-refractivity contribution in [3.63, 3.8) is 0 Å². The van der Waals surface area contributed by atoms with Crippen LogP contribution in [0.2, 0.25) is 0 Å². The molecular weight excluding hydrogens is 228 g/mol. The third kappa shape index (κ3) is 5.57. The normalized spacial score (nSPS) is 10.1. The third-order valence-corrected chi connectivity index (χ3v) is 2.67. The van der Waals surface area contributed by atoms with Gasteiger partial charge in [0.1, 0.15) is 0 Å². The first-order chi connectivity index (χ1) is 8.74. The van der Waals surface area contributed by atoms with Crippen LogP contribution in [-0.4, -0.2) is 23.2 Å². The van der Waals surface area contributed by atoms with E-state index in [1.165, 1.54) is 6.20 Å². The van der Waals surface area contributed by atoms with Gasteiger partial charge in [-0.2, -0.15) is 0 Å². The van der Waals surface area contributed by atoms with Gasteiger partial charge in [-0.1, -0.05) is 19.8 Å². The Kier molecular flexibility index (Phi) is 6.69. The number of unbranched alkanes of at least 4 members (excludes halogenated alkanes) is 2. The maximum atomic E-state index is 11.7. The van der Waals surface area contributed by atoms with Crippen molar-refractivity contribution in [2.75, 3.05) is 6.54 Å². The number of hydrogen-bond donors (Lipinski definition) is 1. The molecule has 0 unspecified atom stereocenters. The largest absolute Gasteiger partial charge is 0.356 e. The van der Waals surface area contributed by atoms with Gasteiger partial charge in [0, 0.05) is 37.3 Å². The topological polar surface area (TPSA) is 59.1 Å². The van der Waals surface area contributed by atoms with Crippen molar-refractivity contribution in [1.82, 2.24) is 10.3 Å². The lowest BCUT2D eigenvalue weighted by Gasteiger charge is -2.04. The number of carbonyl (C=O) groups is 2. The second-order valence-electron chi connectivity index (χ2n) is 4.22. The molecule has 0 radical (unpaired) electrons. The summed E-state index contributed by atoms with van der Waals surface area (Å²) in [6, 6.07) is 3.44. The lowest BCUT2D eigenvalue weighted by atomic mass is 10.1. The van der Waals surface area contributed by atoms with Crippen LogP contribution in [-0.2, 0) is 4.79 Å². The molecule has 0 aliphatic heterocycles. The highest BCUT2D eigenvalue weighted by molar-refractivity contribution is 5.97. The molecule has 0 spiro atoms. The van der Waals surface area contributed by atoms with Crippen LogP contribution in [0, 0.1) is 0 Å². The van der Waals surface area contributed by atoms with Gasteiger partial charge in [-0.3, -0.25) is 14.6 Å². The van der Waals surface area contributed by atoms with Crippen LogP contribution in [0.1, 0.15) is 49.4 Å². The van der Waals surface area contributed by atoms with Crippen LogP contribution < -0.4 is 5.32 Å². The van der Waals surface area contributed by atoms with Crippen molar-refractivity contribution in [2.45, 2.75) is 39.0 Å². The summed E-state index contributed by atoms with van der Waals surface area (Å²) in [6.45, 7) is 2.82. The maximum absolute atomic E-state index is 11.7. The number of nitrogens with zero attached hydrogens (tertiary/aromatic N) is 1. The summed E-state index contributed by atoms with van der Waals surface area (Å²) in [5, 5.41) is 2.82. The number of hydrogen-bond acceptors (Lipinski definition) is 3. The molecule has 1 aromatic heterocycles. The second kappa shape index (κ2) is 8.39. The minimum atomic E-state index is -0.0525. The average Bonchev–Trinajstić information content (AvgIpc) is 2.42. The summed E-state index contributed by atoms with van der Waals surface area (Å²) in [6.07, 6.45) is 6.90. The molecule has 0 aliphatic carbocycles. The Bertz CT molecular complexity index is 377. The quantitative estimate of drug-likeness (QED) is 0.567.